The third-order valence-corrected chi connectivity index (χ3v) is 5.80. The van der Waals surface area contributed by atoms with E-state index >= 15 is 0 Å². The number of aliphatic hydroxyl groups is 1. The zero-order chi connectivity index (χ0) is 18.6. The molecule has 1 N–H and O–H groups in total. The zero-order valence-electron chi connectivity index (χ0n) is 16.4. The van der Waals surface area contributed by atoms with Crippen molar-refractivity contribution in [3.63, 3.8) is 0 Å². The van der Waals surface area contributed by atoms with E-state index in [1.54, 1.807) is 6.92 Å². The molecule has 1 unspecified atom stereocenters. The first-order chi connectivity index (χ1) is 12.6. The Hall–Kier alpha value is -1.41. The van der Waals surface area contributed by atoms with E-state index in [2.05, 4.69) is 36.4 Å². The lowest BCUT2D eigenvalue weighted by atomic mass is 9.87. The van der Waals surface area contributed by atoms with Crippen molar-refractivity contribution in [1.29, 1.82) is 0 Å². The number of carbonyl (C=O) groups is 1. The van der Waals surface area contributed by atoms with Crippen molar-refractivity contribution in [2.75, 3.05) is 0 Å². The Morgan fingerprint density at radius 1 is 1.15 bits per heavy atom. The number of rotatable bonds is 12. The first kappa shape index (κ1) is 20.9. The van der Waals surface area contributed by atoms with Crippen LogP contribution in [0.2, 0.25) is 0 Å². The molecule has 2 nitrogen and oxygen atoms in total. The zero-order valence-corrected chi connectivity index (χ0v) is 16.4. The van der Waals surface area contributed by atoms with Gasteiger partial charge in [-0.15, -0.1) is 0 Å². The van der Waals surface area contributed by atoms with Crippen molar-refractivity contribution in [3.8, 4) is 0 Å². The van der Waals surface area contributed by atoms with Gasteiger partial charge in [0, 0.05) is 6.42 Å². The topological polar surface area (TPSA) is 37.3 Å². The fourth-order valence-electron chi connectivity index (χ4n) is 4.19. The number of benzene rings is 1. The van der Waals surface area contributed by atoms with Gasteiger partial charge in [-0.2, -0.15) is 0 Å². The van der Waals surface area contributed by atoms with Crippen LogP contribution >= 0.6 is 0 Å². The highest BCUT2D eigenvalue weighted by atomic mass is 16.3. The average molecular weight is 357 g/mol. The standard InChI is InChI=1S/C24H36O2/c1-20(25)10-5-2-3-8-13-22-14-9-15-23(22)17-19-24(26)18-16-21-11-6-4-7-12-21/h3-4,6-8,11-12,22-24,26H,2,5,9-10,13-19H2,1H3/b8-3-/t22-,23+,24?/m0/s1. The smallest absolute Gasteiger partial charge is 0.129 e. The van der Waals surface area contributed by atoms with Gasteiger partial charge in [-0.3, -0.25) is 0 Å². The second-order valence-electron chi connectivity index (χ2n) is 8.01. The lowest BCUT2D eigenvalue weighted by Crippen LogP contribution is -2.13. The molecule has 0 bridgehead atoms. The van der Waals surface area contributed by atoms with Crippen molar-refractivity contribution in [2.24, 2.45) is 11.8 Å². The molecule has 0 radical (unpaired) electrons. The summed E-state index contributed by atoms with van der Waals surface area (Å²) in [5.41, 5.74) is 1.32. The molecule has 144 valence electrons. The summed E-state index contributed by atoms with van der Waals surface area (Å²) in [6, 6.07) is 10.5. The van der Waals surface area contributed by atoms with E-state index in [0.29, 0.717) is 12.2 Å². The SMILES string of the molecule is CC(=O)CCC/C=C\C[C@H]1CCC[C@@H]1CCC(O)CCc1ccccc1. The molecule has 2 heteroatoms. The second kappa shape index (κ2) is 12.1. The summed E-state index contributed by atoms with van der Waals surface area (Å²) in [6.07, 6.45) is 16.3. The van der Waals surface area contributed by atoms with Crippen LogP contribution in [0.1, 0.15) is 76.7 Å². The molecule has 0 aromatic heterocycles. The van der Waals surface area contributed by atoms with Gasteiger partial charge < -0.3 is 9.90 Å². The summed E-state index contributed by atoms with van der Waals surface area (Å²) in [5.74, 6) is 1.86. The Morgan fingerprint density at radius 2 is 1.92 bits per heavy atom. The third kappa shape index (κ3) is 8.31. The lowest BCUT2D eigenvalue weighted by Gasteiger charge is -2.20. The number of aliphatic hydroxyl groups excluding tert-OH is 1. The number of aryl methyl sites for hydroxylation is 1. The van der Waals surface area contributed by atoms with Crippen LogP contribution < -0.4 is 0 Å². The van der Waals surface area contributed by atoms with Crippen molar-refractivity contribution in [3.05, 3.63) is 48.0 Å². The molecule has 1 aliphatic carbocycles. The highest BCUT2D eigenvalue weighted by Crippen LogP contribution is 2.37. The van der Waals surface area contributed by atoms with E-state index in [1.807, 2.05) is 6.07 Å². The van der Waals surface area contributed by atoms with E-state index < -0.39 is 0 Å². The summed E-state index contributed by atoms with van der Waals surface area (Å²) < 4.78 is 0. The van der Waals surface area contributed by atoms with E-state index in [9.17, 15) is 9.90 Å². The number of allylic oxidation sites excluding steroid dienone is 2. The van der Waals surface area contributed by atoms with Crippen molar-refractivity contribution < 1.29 is 9.90 Å². The average Bonchev–Trinajstić information content (AvgIpc) is 3.09. The van der Waals surface area contributed by atoms with E-state index in [-0.39, 0.29) is 6.10 Å². The maximum absolute atomic E-state index is 10.9. The predicted molar refractivity (Wildman–Crippen MR) is 109 cm³/mol. The van der Waals surface area contributed by atoms with Crippen LogP contribution in [0.4, 0.5) is 0 Å². The maximum atomic E-state index is 10.9. The molecule has 2 rings (SSSR count). The number of hydrogen-bond donors (Lipinski definition) is 1. The predicted octanol–water partition coefficient (Wildman–Crippen LogP) is 5.88. The van der Waals surface area contributed by atoms with Gasteiger partial charge in [-0.1, -0.05) is 55.3 Å². The number of hydrogen-bond acceptors (Lipinski definition) is 2. The summed E-state index contributed by atoms with van der Waals surface area (Å²) in [5, 5.41) is 10.3. The Balaban J connectivity index is 1.61. The van der Waals surface area contributed by atoms with Crippen LogP contribution in [-0.4, -0.2) is 17.0 Å². The Bertz CT molecular complexity index is 534. The number of Topliss-reactive ketones (excluding diaryl/α,β-unsaturated/α-hetero) is 1. The quantitative estimate of drug-likeness (QED) is 0.375. The van der Waals surface area contributed by atoms with Crippen LogP contribution in [0.25, 0.3) is 0 Å². The first-order valence-electron chi connectivity index (χ1n) is 10.5. The lowest BCUT2D eigenvalue weighted by molar-refractivity contribution is -0.117. The Labute approximate surface area is 159 Å². The molecule has 1 aliphatic rings. The van der Waals surface area contributed by atoms with Gasteiger partial charge in [0.15, 0.2) is 0 Å². The van der Waals surface area contributed by atoms with Crippen LogP contribution in [0, 0.1) is 11.8 Å². The molecule has 1 aromatic rings. The first-order valence-corrected chi connectivity index (χ1v) is 10.5. The summed E-state index contributed by atoms with van der Waals surface area (Å²) >= 11 is 0. The highest BCUT2D eigenvalue weighted by Gasteiger charge is 2.26. The molecule has 0 spiro atoms. The molecule has 1 aromatic carbocycles. The Kier molecular flexibility index (Phi) is 9.70. The molecular weight excluding hydrogens is 320 g/mol. The molecule has 3 atom stereocenters. The van der Waals surface area contributed by atoms with Gasteiger partial charge >= 0.3 is 0 Å². The molecule has 1 saturated carbocycles. The van der Waals surface area contributed by atoms with Crippen molar-refractivity contribution >= 4 is 5.78 Å². The second-order valence-corrected chi connectivity index (χ2v) is 8.01. The number of unbranched alkanes of at least 4 members (excludes halogenated alkanes) is 1. The van der Waals surface area contributed by atoms with Crippen LogP contribution in [0.15, 0.2) is 42.5 Å². The molecule has 26 heavy (non-hydrogen) atoms. The summed E-state index contributed by atoms with van der Waals surface area (Å²) in [4.78, 5) is 10.9. The summed E-state index contributed by atoms with van der Waals surface area (Å²) in [6.45, 7) is 1.67. The fourth-order valence-corrected chi connectivity index (χ4v) is 4.19. The number of ketones is 1. The van der Waals surface area contributed by atoms with Crippen molar-refractivity contribution in [2.45, 2.75) is 83.7 Å². The molecule has 0 amide bonds. The van der Waals surface area contributed by atoms with Gasteiger partial charge in [-0.05, 0) is 75.7 Å². The van der Waals surface area contributed by atoms with Gasteiger partial charge in [0.2, 0.25) is 0 Å². The monoisotopic (exact) mass is 356 g/mol. The van der Waals surface area contributed by atoms with E-state index in [0.717, 1.165) is 43.9 Å². The van der Waals surface area contributed by atoms with Gasteiger partial charge in [0.1, 0.15) is 5.78 Å². The van der Waals surface area contributed by atoms with Crippen LogP contribution in [0.5, 0.6) is 0 Å². The number of carbonyl (C=O) groups excluding carboxylic acids is 1. The minimum Gasteiger partial charge on any atom is -0.393 e. The molecule has 0 aliphatic heterocycles. The minimum absolute atomic E-state index is 0.168. The molecule has 0 saturated heterocycles. The fraction of sp³-hybridized carbons (Fsp3) is 0.625. The summed E-state index contributed by atoms with van der Waals surface area (Å²) in [7, 11) is 0. The molecule has 1 fully saturated rings. The maximum Gasteiger partial charge on any atom is 0.129 e. The van der Waals surface area contributed by atoms with Crippen molar-refractivity contribution in [1.82, 2.24) is 0 Å². The molecule has 0 heterocycles. The normalized spacial score (nSPS) is 21.3. The van der Waals surface area contributed by atoms with E-state index in [1.165, 1.54) is 37.7 Å². The largest absolute Gasteiger partial charge is 0.393 e. The third-order valence-electron chi connectivity index (χ3n) is 5.80. The minimum atomic E-state index is -0.168. The van der Waals surface area contributed by atoms with E-state index in [4.69, 9.17) is 0 Å². The van der Waals surface area contributed by atoms with Gasteiger partial charge in [-0.25, -0.2) is 0 Å². The highest BCUT2D eigenvalue weighted by molar-refractivity contribution is 5.75. The van der Waals surface area contributed by atoms with Gasteiger partial charge in [0.25, 0.3) is 0 Å². The van der Waals surface area contributed by atoms with Crippen LogP contribution in [0.3, 0.4) is 0 Å². The van der Waals surface area contributed by atoms with Gasteiger partial charge in [0.05, 0.1) is 6.10 Å². The Morgan fingerprint density at radius 3 is 2.69 bits per heavy atom. The molecular formula is C24H36O2. The van der Waals surface area contributed by atoms with Crippen LogP contribution in [-0.2, 0) is 11.2 Å².